The standard InChI is InChI=1S/C50H32S/c1-31(47(37-24-22-32-12-2-4-14-35(32)28-37)38-25-23-33-13-3-5-15-36(33)29-38)34-26-27-40-39-16-6-9-19-43(39)50(45(40)30-34)44-20-10-7-17-41(44)49-48(50)42-18-8-11-21-46(42)51-49/h2-30,47H,1H2. The third-order valence-electron chi connectivity index (χ3n) is 11.5. The van der Waals surface area contributed by atoms with Crippen LogP contribution in [0.4, 0.5) is 0 Å². The molecule has 1 heterocycles. The number of fused-ring (bicyclic) bond motifs is 14. The second kappa shape index (κ2) is 10.7. The van der Waals surface area contributed by atoms with E-state index in [9.17, 15) is 0 Å². The molecule has 2 aliphatic carbocycles. The second-order valence-electron chi connectivity index (χ2n) is 14.1. The van der Waals surface area contributed by atoms with Gasteiger partial charge in [0.1, 0.15) is 0 Å². The molecule has 1 aromatic heterocycles. The van der Waals surface area contributed by atoms with Crippen LogP contribution in [0, 0.1) is 0 Å². The maximum atomic E-state index is 4.96. The Morgan fingerprint density at radius 3 is 1.73 bits per heavy atom. The number of rotatable bonds is 4. The van der Waals surface area contributed by atoms with Crippen molar-refractivity contribution in [1.29, 1.82) is 0 Å². The predicted molar refractivity (Wildman–Crippen MR) is 217 cm³/mol. The average molecular weight is 665 g/mol. The van der Waals surface area contributed by atoms with Gasteiger partial charge in [0.25, 0.3) is 0 Å². The van der Waals surface area contributed by atoms with Crippen LogP contribution in [0.5, 0.6) is 0 Å². The van der Waals surface area contributed by atoms with Crippen LogP contribution in [0.2, 0.25) is 0 Å². The summed E-state index contributed by atoms with van der Waals surface area (Å²) in [6.07, 6.45) is 0. The molecule has 0 N–H and O–H groups in total. The number of benzene rings is 8. The van der Waals surface area contributed by atoms with Crippen molar-refractivity contribution >= 4 is 48.5 Å². The summed E-state index contributed by atoms with van der Waals surface area (Å²) in [7, 11) is 0. The molecule has 0 nitrogen and oxygen atoms in total. The van der Waals surface area contributed by atoms with Gasteiger partial charge in [0.15, 0.2) is 0 Å². The quantitative estimate of drug-likeness (QED) is 0.176. The van der Waals surface area contributed by atoms with Crippen LogP contribution in [-0.2, 0) is 5.41 Å². The molecule has 0 fully saturated rings. The number of hydrogen-bond acceptors (Lipinski definition) is 1. The molecule has 1 heteroatoms. The third-order valence-corrected chi connectivity index (χ3v) is 12.7. The molecule has 9 aromatic rings. The lowest BCUT2D eigenvalue weighted by Gasteiger charge is -2.31. The highest BCUT2D eigenvalue weighted by Crippen LogP contribution is 2.66. The fraction of sp³-hybridized carbons (Fsp3) is 0.0400. The number of hydrogen-bond donors (Lipinski definition) is 0. The van der Waals surface area contributed by atoms with E-state index < -0.39 is 5.41 Å². The van der Waals surface area contributed by atoms with E-state index in [-0.39, 0.29) is 5.92 Å². The summed E-state index contributed by atoms with van der Waals surface area (Å²) >= 11 is 1.93. The van der Waals surface area contributed by atoms with E-state index in [0.717, 1.165) is 5.57 Å². The molecule has 2 aliphatic rings. The Balaban J connectivity index is 1.16. The van der Waals surface area contributed by atoms with Crippen LogP contribution in [0.25, 0.3) is 58.8 Å². The second-order valence-corrected chi connectivity index (χ2v) is 15.1. The van der Waals surface area contributed by atoms with Gasteiger partial charge in [-0.3, -0.25) is 0 Å². The Hall–Kier alpha value is -6.02. The first kappa shape index (κ1) is 28.8. The van der Waals surface area contributed by atoms with E-state index in [4.69, 9.17) is 6.58 Å². The maximum absolute atomic E-state index is 4.96. The van der Waals surface area contributed by atoms with Crippen LogP contribution < -0.4 is 0 Å². The summed E-state index contributed by atoms with van der Waals surface area (Å²) in [5, 5.41) is 6.35. The smallest absolute Gasteiger partial charge is 0.0740 e. The van der Waals surface area contributed by atoms with Crippen molar-refractivity contribution < 1.29 is 0 Å². The van der Waals surface area contributed by atoms with Gasteiger partial charge in [-0.15, -0.1) is 11.3 Å². The van der Waals surface area contributed by atoms with Crippen LogP contribution in [0.1, 0.15) is 44.9 Å². The normalized spacial score (nSPS) is 15.4. The molecule has 1 spiro atoms. The van der Waals surface area contributed by atoms with Crippen LogP contribution in [0.3, 0.4) is 0 Å². The lowest BCUT2D eigenvalue weighted by atomic mass is 9.69. The predicted octanol–water partition coefficient (Wildman–Crippen LogP) is 13.4. The zero-order chi connectivity index (χ0) is 33.7. The molecule has 8 aromatic carbocycles. The first-order chi connectivity index (χ1) is 25.2. The molecule has 11 rings (SSSR count). The maximum Gasteiger partial charge on any atom is 0.0740 e. The summed E-state index contributed by atoms with van der Waals surface area (Å²) in [5.74, 6) is -0.0228. The summed E-state index contributed by atoms with van der Waals surface area (Å²) < 4.78 is 1.34. The molecule has 1 atom stereocenters. The molecule has 1 unspecified atom stereocenters. The van der Waals surface area contributed by atoms with Gasteiger partial charge in [0, 0.05) is 15.5 Å². The minimum Gasteiger partial charge on any atom is -0.135 e. The Morgan fingerprint density at radius 2 is 1.02 bits per heavy atom. The van der Waals surface area contributed by atoms with Gasteiger partial charge in [0.05, 0.1) is 5.41 Å². The lowest BCUT2D eigenvalue weighted by Crippen LogP contribution is -2.26. The molecule has 0 bridgehead atoms. The van der Waals surface area contributed by atoms with Gasteiger partial charge in [-0.2, -0.15) is 0 Å². The van der Waals surface area contributed by atoms with Crippen molar-refractivity contribution in [3.8, 4) is 21.6 Å². The zero-order valence-corrected chi connectivity index (χ0v) is 28.8. The first-order valence-electron chi connectivity index (χ1n) is 17.7. The fourth-order valence-corrected chi connectivity index (χ4v) is 10.6. The van der Waals surface area contributed by atoms with Crippen LogP contribution in [0.15, 0.2) is 183 Å². The van der Waals surface area contributed by atoms with Crippen molar-refractivity contribution in [3.63, 3.8) is 0 Å². The Kier molecular flexibility index (Phi) is 6.06. The van der Waals surface area contributed by atoms with Gasteiger partial charge in [-0.05, 0) is 100 Å². The molecule has 0 aliphatic heterocycles. The van der Waals surface area contributed by atoms with E-state index in [1.807, 2.05) is 11.3 Å². The minimum atomic E-state index is -0.408. The summed E-state index contributed by atoms with van der Waals surface area (Å²) in [4.78, 5) is 1.39. The highest BCUT2D eigenvalue weighted by Gasteiger charge is 2.53. The van der Waals surface area contributed by atoms with E-state index in [1.165, 1.54) is 92.1 Å². The molecular weight excluding hydrogens is 633 g/mol. The molecule has 51 heavy (non-hydrogen) atoms. The molecule has 238 valence electrons. The summed E-state index contributed by atoms with van der Waals surface area (Å²) in [5.41, 5.74) is 13.9. The summed E-state index contributed by atoms with van der Waals surface area (Å²) in [6, 6.07) is 65.6. The van der Waals surface area contributed by atoms with Crippen molar-refractivity contribution in [1.82, 2.24) is 0 Å². The topological polar surface area (TPSA) is 0 Å². The van der Waals surface area contributed by atoms with E-state index >= 15 is 0 Å². The number of thiophene rings is 1. The highest BCUT2D eigenvalue weighted by molar-refractivity contribution is 7.22. The lowest BCUT2D eigenvalue weighted by molar-refractivity contribution is 0.802. The van der Waals surface area contributed by atoms with Crippen molar-refractivity contribution in [2.24, 2.45) is 0 Å². The van der Waals surface area contributed by atoms with Crippen molar-refractivity contribution in [3.05, 3.63) is 221 Å². The zero-order valence-electron chi connectivity index (χ0n) is 27.9. The Morgan fingerprint density at radius 1 is 0.471 bits per heavy atom. The van der Waals surface area contributed by atoms with Gasteiger partial charge < -0.3 is 0 Å². The summed E-state index contributed by atoms with van der Waals surface area (Å²) in [6.45, 7) is 4.96. The molecule has 0 saturated heterocycles. The number of allylic oxidation sites excluding steroid dienone is 1. The first-order valence-corrected chi connectivity index (χ1v) is 18.5. The van der Waals surface area contributed by atoms with E-state index in [2.05, 4.69) is 176 Å². The molecule has 0 amide bonds. The van der Waals surface area contributed by atoms with Gasteiger partial charge >= 0.3 is 0 Å². The van der Waals surface area contributed by atoms with Gasteiger partial charge in [0.2, 0.25) is 0 Å². The largest absolute Gasteiger partial charge is 0.135 e. The van der Waals surface area contributed by atoms with Gasteiger partial charge in [-0.25, -0.2) is 0 Å². The van der Waals surface area contributed by atoms with Crippen molar-refractivity contribution in [2.45, 2.75) is 11.3 Å². The average Bonchev–Trinajstić information content (AvgIpc) is 3.81. The van der Waals surface area contributed by atoms with E-state index in [0.29, 0.717) is 0 Å². The Bertz CT molecular complexity index is 2820. The molecular formula is C50H32S. The minimum absolute atomic E-state index is 0.0228. The van der Waals surface area contributed by atoms with Crippen molar-refractivity contribution in [2.75, 3.05) is 0 Å². The van der Waals surface area contributed by atoms with E-state index in [1.54, 1.807) is 0 Å². The fourth-order valence-electron chi connectivity index (χ4n) is 9.33. The Labute approximate surface area is 301 Å². The van der Waals surface area contributed by atoms with Crippen LogP contribution in [-0.4, -0.2) is 0 Å². The van der Waals surface area contributed by atoms with Gasteiger partial charge in [-0.1, -0.05) is 170 Å². The molecule has 0 radical (unpaired) electrons. The molecule has 0 saturated carbocycles. The third kappa shape index (κ3) is 3.96. The monoisotopic (exact) mass is 664 g/mol. The van der Waals surface area contributed by atoms with Crippen LogP contribution >= 0.6 is 11.3 Å². The SMILES string of the molecule is C=C(c1ccc2c(c1)C1(c3ccccc3-2)c2ccccc2-c2sc3ccccc3c21)C(c1ccc2ccccc2c1)c1ccc2ccccc2c1. The highest BCUT2D eigenvalue weighted by atomic mass is 32.1.